The number of para-hydroxylation sites is 1. The van der Waals surface area contributed by atoms with E-state index in [4.69, 9.17) is 4.74 Å². The van der Waals surface area contributed by atoms with Gasteiger partial charge in [-0.25, -0.2) is 4.79 Å². The first-order valence-electron chi connectivity index (χ1n) is 8.23. The summed E-state index contributed by atoms with van der Waals surface area (Å²) in [6.07, 6.45) is 1.94. The Morgan fingerprint density at radius 1 is 1.12 bits per heavy atom. The van der Waals surface area contributed by atoms with E-state index in [0.717, 1.165) is 0 Å². The van der Waals surface area contributed by atoms with E-state index in [2.05, 4.69) is 10.6 Å². The van der Waals surface area contributed by atoms with Gasteiger partial charge in [-0.2, -0.15) is 0 Å². The summed E-state index contributed by atoms with van der Waals surface area (Å²) < 4.78 is 5.32. The van der Waals surface area contributed by atoms with Crippen LogP contribution in [0.1, 0.15) is 25.7 Å². The molecule has 0 radical (unpaired) electrons. The number of ether oxygens (including phenoxy) is 1. The van der Waals surface area contributed by atoms with Crippen LogP contribution >= 0.6 is 0 Å². The van der Waals surface area contributed by atoms with Gasteiger partial charge >= 0.3 is 6.09 Å². The summed E-state index contributed by atoms with van der Waals surface area (Å²) in [5.41, 5.74) is 0. The summed E-state index contributed by atoms with van der Waals surface area (Å²) in [7, 11) is 0. The Bertz CT molecular complexity index is 612. The van der Waals surface area contributed by atoms with E-state index in [1.165, 1.54) is 0 Å². The van der Waals surface area contributed by atoms with Gasteiger partial charge in [-0.15, -0.1) is 0 Å². The van der Waals surface area contributed by atoms with E-state index in [0.29, 0.717) is 44.5 Å². The zero-order valence-electron chi connectivity index (χ0n) is 13.4. The molecule has 1 atom stereocenters. The van der Waals surface area contributed by atoms with Gasteiger partial charge in [0.05, 0.1) is 0 Å². The molecule has 0 bridgehead atoms. The second-order valence-corrected chi connectivity index (χ2v) is 6.11. The molecule has 1 unspecified atom stereocenters. The van der Waals surface area contributed by atoms with Crippen LogP contribution < -0.4 is 15.4 Å². The molecule has 0 aliphatic carbocycles. The molecule has 2 fully saturated rings. The molecule has 128 valence electrons. The fraction of sp³-hybridized carbons (Fsp3) is 0.471. The molecule has 2 aliphatic heterocycles. The zero-order chi connectivity index (χ0) is 16.9. The second-order valence-electron chi connectivity index (χ2n) is 6.11. The largest absolute Gasteiger partial charge is 0.415 e. The first-order chi connectivity index (χ1) is 11.6. The number of benzene rings is 1. The third-order valence-corrected chi connectivity index (χ3v) is 4.36. The smallest absolute Gasteiger partial charge is 0.410 e. The molecule has 2 aliphatic rings. The Morgan fingerprint density at radius 2 is 1.83 bits per heavy atom. The summed E-state index contributed by atoms with van der Waals surface area (Å²) in [4.78, 5) is 37.0. The minimum absolute atomic E-state index is 0.0239. The van der Waals surface area contributed by atoms with Gasteiger partial charge in [0, 0.05) is 25.6 Å². The fourth-order valence-electron chi connectivity index (χ4n) is 2.97. The normalized spacial score (nSPS) is 21.2. The van der Waals surface area contributed by atoms with Gasteiger partial charge in [0.2, 0.25) is 11.8 Å². The van der Waals surface area contributed by atoms with Gasteiger partial charge in [-0.3, -0.25) is 9.59 Å². The van der Waals surface area contributed by atoms with Crippen LogP contribution in [0.5, 0.6) is 5.75 Å². The number of rotatable bonds is 3. The van der Waals surface area contributed by atoms with Gasteiger partial charge in [0.1, 0.15) is 11.8 Å². The summed E-state index contributed by atoms with van der Waals surface area (Å²) in [5.74, 6) is 0.315. The number of likely N-dealkylation sites (tertiary alicyclic amines) is 1. The molecule has 3 rings (SSSR count). The lowest BCUT2D eigenvalue weighted by Gasteiger charge is -2.32. The maximum atomic E-state index is 12.1. The van der Waals surface area contributed by atoms with E-state index in [1.807, 2.05) is 18.2 Å². The molecule has 1 aromatic carbocycles. The van der Waals surface area contributed by atoms with E-state index in [-0.39, 0.29) is 23.9 Å². The van der Waals surface area contributed by atoms with Crippen molar-refractivity contribution in [3.8, 4) is 5.75 Å². The lowest BCUT2D eigenvalue weighted by atomic mass is 10.0. The lowest BCUT2D eigenvalue weighted by molar-refractivity contribution is -0.126. The summed E-state index contributed by atoms with van der Waals surface area (Å²) in [6.45, 7) is 1.07. The third-order valence-electron chi connectivity index (χ3n) is 4.36. The van der Waals surface area contributed by atoms with Crippen molar-refractivity contribution in [3.63, 3.8) is 0 Å². The average Bonchev–Trinajstić information content (AvgIpc) is 3.03. The van der Waals surface area contributed by atoms with Crippen LogP contribution in [0.2, 0.25) is 0 Å². The maximum absolute atomic E-state index is 12.1. The van der Waals surface area contributed by atoms with Crippen LogP contribution in [0.15, 0.2) is 30.3 Å². The first-order valence-corrected chi connectivity index (χ1v) is 8.23. The van der Waals surface area contributed by atoms with Gasteiger partial charge in [0.25, 0.3) is 0 Å². The molecule has 1 aromatic rings. The zero-order valence-corrected chi connectivity index (χ0v) is 13.4. The van der Waals surface area contributed by atoms with Crippen molar-refractivity contribution in [2.75, 3.05) is 13.1 Å². The summed E-state index contributed by atoms with van der Waals surface area (Å²) in [5, 5.41) is 5.62. The van der Waals surface area contributed by atoms with Crippen molar-refractivity contribution >= 4 is 17.9 Å². The summed E-state index contributed by atoms with van der Waals surface area (Å²) >= 11 is 0. The molecule has 7 nitrogen and oxygen atoms in total. The number of amides is 3. The Balaban J connectivity index is 1.43. The molecule has 0 saturated carbocycles. The minimum Gasteiger partial charge on any atom is -0.410 e. The molecule has 7 heteroatoms. The van der Waals surface area contributed by atoms with Crippen LogP contribution in [0, 0.1) is 0 Å². The Labute approximate surface area is 140 Å². The average molecular weight is 331 g/mol. The number of piperidine rings is 1. The molecule has 2 heterocycles. The van der Waals surface area contributed by atoms with Gasteiger partial charge in [-0.1, -0.05) is 18.2 Å². The van der Waals surface area contributed by atoms with E-state index >= 15 is 0 Å². The Hall–Kier alpha value is -2.57. The van der Waals surface area contributed by atoms with E-state index < -0.39 is 6.04 Å². The molecule has 2 N–H and O–H groups in total. The highest BCUT2D eigenvalue weighted by molar-refractivity contribution is 5.90. The second kappa shape index (κ2) is 7.33. The van der Waals surface area contributed by atoms with Crippen LogP contribution in [0.3, 0.4) is 0 Å². The van der Waals surface area contributed by atoms with Crippen molar-refractivity contribution < 1.29 is 19.1 Å². The molecular formula is C17H21N3O4. The van der Waals surface area contributed by atoms with Gasteiger partial charge in [0.15, 0.2) is 0 Å². The van der Waals surface area contributed by atoms with E-state index in [1.54, 1.807) is 17.0 Å². The van der Waals surface area contributed by atoms with Crippen LogP contribution in [-0.4, -0.2) is 48.0 Å². The predicted molar refractivity (Wildman–Crippen MR) is 86.4 cm³/mol. The SMILES string of the molecule is O=C1CCC(C(=O)NC2CCN(C(=O)Oc3ccccc3)CC2)N1. The van der Waals surface area contributed by atoms with Crippen molar-refractivity contribution in [2.24, 2.45) is 0 Å². The standard InChI is InChI=1S/C17H21N3O4/c21-15-7-6-14(19-15)16(22)18-12-8-10-20(11-9-12)17(23)24-13-4-2-1-3-5-13/h1-5,12,14H,6-11H2,(H,18,22)(H,19,21). The van der Waals surface area contributed by atoms with Gasteiger partial charge < -0.3 is 20.3 Å². The monoisotopic (exact) mass is 331 g/mol. The van der Waals surface area contributed by atoms with Crippen LogP contribution in [-0.2, 0) is 9.59 Å². The highest BCUT2D eigenvalue weighted by Gasteiger charge is 2.30. The number of hydrogen-bond acceptors (Lipinski definition) is 4. The summed E-state index contributed by atoms with van der Waals surface area (Å²) in [6, 6.07) is 8.56. The highest BCUT2D eigenvalue weighted by atomic mass is 16.6. The quantitative estimate of drug-likeness (QED) is 0.866. The van der Waals surface area contributed by atoms with Crippen LogP contribution in [0.25, 0.3) is 0 Å². The number of nitrogens with one attached hydrogen (secondary N) is 2. The molecule has 0 aromatic heterocycles. The molecule has 2 saturated heterocycles. The van der Waals surface area contributed by atoms with Crippen molar-refractivity contribution in [3.05, 3.63) is 30.3 Å². The van der Waals surface area contributed by atoms with Gasteiger partial charge in [-0.05, 0) is 31.4 Å². The highest BCUT2D eigenvalue weighted by Crippen LogP contribution is 2.15. The predicted octanol–water partition coefficient (Wildman–Crippen LogP) is 1.04. The first kappa shape index (κ1) is 16.3. The number of hydrogen-bond donors (Lipinski definition) is 2. The molecule has 3 amide bonds. The van der Waals surface area contributed by atoms with Crippen molar-refractivity contribution in [2.45, 2.75) is 37.8 Å². The van der Waals surface area contributed by atoms with Crippen molar-refractivity contribution in [1.29, 1.82) is 0 Å². The number of nitrogens with zero attached hydrogens (tertiary/aromatic N) is 1. The molecule has 0 spiro atoms. The topological polar surface area (TPSA) is 87.7 Å². The van der Waals surface area contributed by atoms with Crippen LogP contribution in [0.4, 0.5) is 4.79 Å². The number of carbonyl (C=O) groups excluding carboxylic acids is 3. The number of carbonyl (C=O) groups is 3. The molecule has 24 heavy (non-hydrogen) atoms. The van der Waals surface area contributed by atoms with Crippen molar-refractivity contribution in [1.82, 2.24) is 15.5 Å². The molecular weight excluding hydrogens is 310 g/mol. The Morgan fingerprint density at radius 3 is 2.46 bits per heavy atom. The maximum Gasteiger partial charge on any atom is 0.415 e. The third kappa shape index (κ3) is 4.04. The van der Waals surface area contributed by atoms with E-state index in [9.17, 15) is 14.4 Å². The Kier molecular flexibility index (Phi) is 4.98. The minimum atomic E-state index is -0.418. The lowest BCUT2D eigenvalue weighted by Crippen LogP contribution is -2.51. The fourth-order valence-corrected chi connectivity index (χ4v) is 2.97.